The highest BCUT2D eigenvalue weighted by molar-refractivity contribution is 7.99. The number of rotatable bonds is 3. The van der Waals surface area contributed by atoms with Gasteiger partial charge in [0.2, 0.25) is 0 Å². The van der Waals surface area contributed by atoms with Gasteiger partial charge in [-0.05, 0) is 55.8 Å². The minimum atomic E-state index is -0.0526. The number of aliphatic hydroxyl groups excluding tert-OH is 1. The van der Waals surface area contributed by atoms with Gasteiger partial charge in [0, 0.05) is 21.3 Å². The van der Waals surface area contributed by atoms with E-state index in [1.165, 1.54) is 11.8 Å². The van der Waals surface area contributed by atoms with E-state index in [2.05, 4.69) is 9.97 Å². The highest BCUT2D eigenvalue weighted by Crippen LogP contribution is 2.29. The van der Waals surface area contributed by atoms with Crippen LogP contribution in [-0.4, -0.2) is 15.1 Å². The number of hydrogen-bond donors (Lipinski definition) is 1. The largest absolute Gasteiger partial charge is 0.392 e. The molecule has 1 aromatic carbocycles. The quantitative estimate of drug-likeness (QED) is 0.877. The van der Waals surface area contributed by atoms with Crippen LogP contribution < -0.4 is 0 Å². The van der Waals surface area contributed by atoms with Crippen LogP contribution in [0.3, 0.4) is 0 Å². The maximum atomic E-state index is 9.09. The average molecular weight is 295 g/mol. The molecule has 0 bridgehead atoms. The summed E-state index contributed by atoms with van der Waals surface area (Å²) >= 11 is 7.54. The van der Waals surface area contributed by atoms with E-state index in [9.17, 15) is 0 Å². The van der Waals surface area contributed by atoms with Crippen LogP contribution in [0.1, 0.15) is 22.5 Å². The van der Waals surface area contributed by atoms with E-state index in [1.807, 2.05) is 39.0 Å². The van der Waals surface area contributed by atoms with Gasteiger partial charge in [0.05, 0.1) is 6.61 Å². The van der Waals surface area contributed by atoms with Crippen molar-refractivity contribution >= 4 is 23.4 Å². The highest BCUT2D eigenvalue weighted by atomic mass is 35.5. The molecule has 0 unspecified atom stereocenters. The number of hydrogen-bond acceptors (Lipinski definition) is 4. The van der Waals surface area contributed by atoms with Crippen molar-refractivity contribution in [1.82, 2.24) is 9.97 Å². The predicted octanol–water partition coefficient (Wildman–Crippen LogP) is 3.70. The molecule has 2 aromatic rings. The highest BCUT2D eigenvalue weighted by Gasteiger charge is 2.08. The number of aliphatic hydroxyl groups is 1. The van der Waals surface area contributed by atoms with Gasteiger partial charge in [-0.2, -0.15) is 0 Å². The van der Waals surface area contributed by atoms with Crippen molar-refractivity contribution in [2.45, 2.75) is 37.4 Å². The van der Waals surface area contributed by atoms with Gasteiger partial charge in [-0.3, -0.25) is 0 Å². The van der Waals surface area contributed by atoms with Gasteiger partial charge >= 0.3 is 0 Å². The first-order chi connectivity index (χ1) is 9.01. The van der Waals surface area contributed by atoms with Crippen LogP contribution in [0.4, 0.5) is 0 Å². The average Bonchev–Trinajstić information content (AvgIpc) is 2.36. The Morgan fingerprint density at radius 3 is 2.32 bits per heavy atom. The summed E-state index contributed by atoms with van der Waals surface area (Å²) < 4.78 is 0. The molecule has 0 fully saturated rings. The predicted molar refractivity (Wildman–Crippen MR) is 77.7 cm³/mol. The Balaban J connectivity index is 2.29. The van der Waals surface area contributed by atoms with Gasteiger partial charge in [0.25, 0.3) is 0 Å². The Kier molecular flexibility index (Phi) is 4.45. The van der Waals surface area contributed by atoms with Crippen LogP contribution in [0.25, 0.3) is 0 Å². The third-order valence-electron chi connectivity index (χ3n) is 3.02. The third-order valence-corrected chi connectivity index (χ3v) is 4.22. The number of benzene rings is 1. The van der Waals surface area contributed by atoms with E-state index < -0.39 is 0 Å². The zero-order valence-corrected chi connectivity index (χ0v) is 12.6. The van der Waals surface area contributed by atoms with Crippen molar-refractivity contribution in [3.63, 3.8) is 0 Å². The Bertz CT molecular complexity index is 593. The van der Waals surface area contributed by atoms with Crippen molar-refractivity contribution < 1.29 is 5.11 Å². The van der Waals surface area contributed by atoms with Crippen molar-refractivity contribution in [3.8, 4) is 0 Å². The van der Waals surface area contributed by atoms with Crippen molar-refractivity contribution in [2.24, 2.45) is 0 Å². The summed E-state index contributed by atoms with van der Waals surface area (Å²) in [6, 6.07) is 5.56. The fourth-order valence-electron chi connectivity index (χ4n) is 1.61. The summed E-state index contributed by atoms with van der Waals surface area (Å²) in [7, 11) is 0. The molecule has 0 aliphatic rings. The molecule has 1 aromatic heterocycles. The zero-order valence-electron chi connectivity index (χ0n) is 11.1. The lowest BCUT2D eigenvalue weighted by Gasteiger charge is -2.07. The van der Waals surface area contributed by atoms with E-state index in [0.717, 1.165) is 27.4 Å². The summed E-state index contributed by atoms with van der Waals surface area (Å²) in [4.78, 5) is 9.88. The summed E-state index contributed by atoms with van der Waals surface area (Å²) in [6.45, 7) is 5.93. The second-order valence-corrected chi connectivity index (χ2v) is 5.76. The van der Waals surface area contributed by atoms with E-state index in [1.54, 1.807) is 0 Å². The van der Waals surface area contributed by atoms with Gasteiger partial charge in [0.1, 0.15) is 0 Å². The normalized spacial score (nSPS) is 10.8. The number of nitrogens with zero attached hydrogens (tertiary/aromatic N) is 2. The van der Waals surface area contributed by atoms with Crippen LogP contribution in [-0.2, 0) is 6.61 Å². The van der Waals surface area contributed by atoms with Crippen LogP contribution >= 0.6 is 23.4 Å². The molecule has 3 nitrogen and oxygen atoms in total. The summed E-state index contributed by atoms with van der Waals surface area (Å²) in [5.74, 6) is 0. The molecule has 2 rings (SSSR count). The lowest BCUT2D eigenvalue weighted by atomic mass is 10.2. The maximum Gasteiger partial charge on any atom is 0.192 e. The molecule has 0 radical (unpaired) electrons. The molecular weight excluding hydrogens is 280 g/mol. The SMILES string of the molecule is Cc1nc(Sc2ccc(CO)c(Cl)c2)nc(C)c1C. The monoisotopic (exact) mass is 294 g/mol. The van der Waals surface area contributed by atoms with E-state index in [0.29, 0.717) is 10.2 Å². The van der Waals surface area contributed by atoms with E-state index >= 15 is 0 Å². The van der Waals surface area contributed by atoms with Crippen LogP contribution in [0.2, 0.25) is 5.02 Å². The molecule has 1 N–H and O–H groups in total. The first-order valence-electron chi connectivity index (χ1n) is 5.90. The van der Waals surface area contributed by atoms with E-state index in [-0.39, 0.29) is 6.61 Å². The molecule has 0 aliphatic carbocycles. The summed E-state index contributed by atoms with van der Waals surface area (Å²) in [5, 5.41) is 10.4. The van der Waals surface area contributed by atoms with Gasteiger partial charge in [0.15, 0.2) is 5.16 Å². The molecule has 0 spiro atoms. The fraction of sp³-hybridized carbons (Fsp3) is 0.286. The number of halogens is 1. The molecule has 0 saturated carbocycles. The Morgan fingerprint density at radius 2 is 1.79 bits per heavy atom. The number of aromatic nitrogens is 2. The topological polar surface area (TPSA) is 46.0 Å². The first kappa shape index (κ1) is 14.3. The lowest BCUT2D eigenvalue weighted by Crippen LogP contribution is -1.97. The number of aryl methyl sites for hydroxylation is 2. The Labute approximate surface area is 122 Å². The molecular formula is C14H15ClN2OS. The maximum absolute atomic E-state index is 9.09. The van der Waals surface area contributed by atoms with Crippen LogP contribution in [0.5, 0.6) is 0 Å². The Morgan fingerprint density at radius 1 is 1.16 bits per heavy atom. The molecule has 5 heteroatoms. The standard InChI is InChI=1S/C14H15ClN2OS/c1-8-9(2)16-14(17-10(8)3)19-12-5-4-11(7-18)13(15)6-12/h4-6,18H,7H2,1-3H3. The summed E-state index contributed by atoms with van der Waals surface area (Å²) in [5.41, 5.74) is 3.84. The molecule has 100 valence electrons. The second kappa shape index (κ2) is 5.90. The van der Waals surface area contributed by atoms with E-state index in [4.69, 9.17) is 16.7 Å². The van der Waals surface area contributed by atoms with Gasteiger partial charge in [-0.1, -0.05) is 17.7 Å². The molecule has 19 heavy (non-hydrogen) atoms. The first-order valence-corrected chi connectivity index (χ1v) is 7.09. The van der Waals surface area contributed by atoms with Crippen molar-refractivity contribution in [1.29, 1.82) is 0 Å². The van der Waals surface area contributed by atoms with Crippen molar-refractivity contribution in [2.75, 3.05) is 0 Å². The van der Waals surface area contributed by atoms with Gasteiger partial charge in [-0.25, -0.2) is 9.97 Å². The van der Waals surface area contributed by atoms with Gasteiger partial charge in [-0.15, -0.1) is 0 Å². The minimum absolute atomic E-state index is 0.0526. The third kappa shape index (κ3) is 3.26. The van der Waals surface area contributed by atoms with Crippen LogP contribution in [0, 0.1) is 20.8 Å². The smallest absolute Gasteiger partial charge is 0.192 e. The molecule has 1 heterocycles. The molecule has 0 atom stereocenters. The zero-order chi connectivity index (χ0) is 14.0. The second-order valence-electron chi connectivity index (χ2n) is 4.32. The lowest BCUT2D eigenvalue weighted by molar-refractivity contribution is 0.282. The van der Waals surface area contributed by atoms with Crippen LogP contribution in [0.15, 0.2) is 28.3 Å². The molecule has 0 amide bonds. The minimum Gasteiger partial charge on any atom is -0.392 e. The van der Waals surface area contributed by atoms with Gasteiger partial charge < -0.3 is 5.11 Å². The molecule has 0 aliphatic heterocycles. The fourth-order valence-corrected chi connectivity index (χ4v) is 2.81. The Hall–Kier alpha value is -1.10. The molecule has 0 saturated heterocycles. The summed E-state index contributed by atoms with van der Waals surface area (Å²) in [6.07, 6.45) is 0. The van der Waals surface area contributed by atoms with Crippen molar-refractivity contribution in [3.05, 3.63) is 45.7 Å².